The van der Waals surface area contributed by atoms with Gasteiger partial charge in [0.25, 0.3) is 0 Å². The van der Waals surface area contributed by atoms with E-state index in [1.54, 1.807) is 6.92 Å². The summed E-state index contributed by atoms with van der Waals surface area (Å²) in [6, 6.07) is 20.0. The third kappa shape index (κ3) is 2.75. The molecular formula is C19H19N3O. The lowest BCUT2D eigenvalue weighted by Gasteiger charge is -2.10. The van der Waals surface area contributed by atoms with Crippen molar-refractivity contribution in [2.24, 2.45) is 12.8 Å². The lowest BCUT2D eigenvalue weighted by atomic mass is 10.1. The molecule has 0 spiro atoms. The highest BCUT2D eigenvalue weighted by Crippen LogP contribution is 2.33. The molecule has 0 aliphatic heterocycles. The number of hydrogen-bond acceptors (Lipinski definition) is 2. The Hall–Kier alpha value is -2.88. The zero-order valence-electron chi connectivity index (χ0n) is 13.2. The minimum atomic E-state index is -0.445. The zero-order valence-corrected chi connectivity index (χ0v) is 13.2. The number of imidazole rings is 1. The maximum Gasteiger partial charge on any atom is 0.227 e. The molecule has 0 saturated carbocycles. The average Bonchev–Trinajstić information content (AvgIpc) is 2.93. The first-order chi connectivity index (χ1) is 11.1. The topological polar surface area (TPSA) is 60.9 Å². The van der Waals surface area contributed by atoms with Crippen LogP contribution in [0.15, 0.2) is 60.7 Å². The highest BCUT2D eigenvalue weighted by molar-refractivity contribution is 5.83. The highest BCUT2D eigenvalue weighted by atomic mass is 16.1. The fraction of sp³-hybridized carbons (Fsp3) is 0.158. The van der Waals surface area contributed by atoms with Gasteiger partial charge in [-0.3, -0.25) is 4.79 Å². The predicted octanol–water partition coefficient (Wildman–Crippen LogP) is 3.34. The summed E-state index contributed by atoms with van der Waals surface area (Å²) < 4.78 is 1.97. The number of benzene rings is 2. The first-order valence-electron chi connectivity index (χ1n) is 7.56. The van der Waals surface area contributed by atoms with Gasteiger partial charge >= 0.3 is 0 Å². The molecule has 4 nitrogen and oxygen atoms in total. The van der Waals surface area contributed by atoms with Gasteiger partial charge in [0.2, 0.25) is 5.91 Å². The molecule has 2 N–H and O–H groups in total. The summed E-state index contributed by atoms with van der Waals surface area (Å²) in [7, 11) is 1.93. The van der Waals surface area contributed by atoms with Gasteiger partial charge in [-0.1, -0.05) is 60.7 Å². The van der Waals surface area contributed by atoms with E-state index in [0.29, 0.717) is 5.82 Å². The van der Waals surface area contributed by atoms with Gasteiger partial charge in [0.15, 0.2) is 0 Å². The van der Waals surface area contributed by atoms with Crippen molar-refractivity contribution in [2.75, 3.05) is 0 Å². The lowest BCUT2D eigenvalue weighted by Crippen LogP contribution is -2.21. The number of aromatic nitrogens is 2. The summed E-state index contributed by atoms with van der Waals surface area (Å²) >= 11 is 0. The first kappa shape index (κ1) is 15.0. The molecule has 23 heavy (non-hydrogen) atoms. The van der Waals surface area contributed by atoms with E-state index in [-0.39, 0.29) is 5.91 Å². The molecule has 3 rings (SSSR count). The number of nitrogens with two attached hydrogens (primary N) is 1. The number of rotatable bonds is 4. The molecule has 0 aliphatic rings. The van der Waals surface area contributed by atoms with Crippen molar-refractivity contribution in [3.63, 3.8) is 0 Å². The van der Waals surface area contributed by atoms with Crippen LogP contribution in [0, 0.1) is 0 Å². The van der Waals surface area contributed by atoms with Crippen LogP contribution in [0.1, 0.15) is 18.7 Å². The molecule has 0 bridgehead atoms. The van der Waals surface area contributed by atoms with E-state index < -0.39 is 5.92 Å². The predicted molar refractivity (Wildman–Crippen MR) is 91.7 cm³/mol. The van der Waals surface area contributed by atoms with Gasteiger partial charge in [-0.15, -0.1) is 0 Å². The summed E-state index contributed by atoms with van der Waals surface area (Å²) in [5, 5.41) is 0. The van der Waals surface area contributed by atoms with Gasteiger partial charge < -0.3 is 10.3 Å². The summed E-state index contributed by atoms with van der Waals surface area (Å²) in [4.78, 5) is 16.4. The third-order valence-electron chi connectivity index (χ3n) is 4.04. The van der Waals surface area contributed by atoms with Gasteiger partial charge in [-0.05, 0) is 6.92 Å². The van der Waals surface area contributed by atoms with Gasteiger partial charge in [0.05, 0.1) is 17.3 Å². The van der Waals surface area contributed by atoms with Crippen LogP contribution in [0.25, 0.3) is 22.5 Å². The molecule has 0 aliphatic carbocycles. The smallest absolute Gasteiger partial charge is 0.227 e. The van der Waals surface area contributed by atoms with E-state index in [4.69, 9.17) is 10.7 Å². The van der Waals surface area contributed by atoms with Crippen LogP contribution in [0.4, 0.5) is 0 Å². The molecule has 2 aromatic carbocycles. The Morgan fingerprint density at radius 3 is 2.04 bits per heavy atom. The van der Waals surface area contributed by atoms with Crippen molar-refractivity contribution in [2.45, 2.75) is 12.8 Å². The Balaban J connectivity index is 2.26. The minimum Gasteiger partial charge on any atom is -0.369 e. The number of nitrogens with zero attached hydrogens (tertiary/aromatic N) is 2. The van der Waals surface area contributed by atoms with Gasteiger partial charge in [0, 0.05) is 18.2 Å². The Morgan fingerprint density at radius 2 is 1.52 bits per heavy atom. The normalized spacial score (nSPS) is 12.1. The van der Waals surface area contributed by atoms with Crippen LogP contribution < -0.4 is 5.73 Å². The highest BCUT2D eigenvalue weighted by Gasteiger charge is 2.23. The van der Waals surface area contributed by atoms with Gasteiger partial charge in [0.1, 0.15) is 5.82 Å². The zero-order chi connectivity index (χ0) is 16.4. The summed E-state index contributed by atoms with van der Waals surface area (Å²) in [6.45, 7) is 1.79. The Bertz CT molecular complexity index is 823. The van der Waals surface area contributed by atoms with Crippen LogP contribution in [0.5, 0.6) is 0 Å². The summed E-state index contributed by atoms with van der Waals surface area (Å²) in [5.41, 5.74) is 9.41. The number of carbonyl (C=O) groups is 1. The maximum absolute atomic E-state index is 11.6. The molecule has 0 radical (unpaired) electrons. The summed E-state index contributed by atoms with van der Waals surface area (Å²) in [5.74, 6) is -0.146. The second-order valence-electron chi connectivity index (χ2n) is 5.58. The standard InChI is InChI=1S/C19H19N3O/c1-13(18(20)23)19-21-16(14-9-5-3-6-10-14)17(22(19)2)15-11-7-4-8-12-15/h3-13H,1-2H3,(H2,20,23). The molecule has 116 valence electrons. The Labute approximate surface area is 135 Å². The van der Waals surface area contributed by atoms with E-state index >= 15 is 0 Å². The molecule has 1 atom stereocenters. The van der Waals surface area contributed by atoms with Crippen LogP contribution in [0.2, 0.25) is 0 Å². The number of primary amides is 1. The van der Waals surface area contributed by atoms with Crippen molar-refractivity contribution in [3.8, 4) is 22.5 Å². The number of amides is 1. The number of hydrogen-bond donors (Lipinski definition) is 1. The summed E-state index contributed by atoms with van der Waals surface area (Å²) in [6.07, 6.45) is 0. The quantitative estimate of drug-likeness (QED) is 0.803. The fourth-order valence-corrected chi connectivity index (χ4v) is 2.75. The van der Waals surface area contributed by atoms with E-state index in [1.165, 1.54) is 0 Å². The minimum absolute atomic E-state index is 0.377. The largest absolute Gasteiger partial charge is 0.369 e. The molecule has 0 fully saturated rings. The molecule has 4 heteroatoms. The molecular weight excluding hydrogens is 286 g/mol. The van der Waals surface area contributed by atoms with Gasteiger partial charge in [-0.2, -0.15) is 0 Å². The Morgan fingerprint density at radius 1 is 1.00 bits per heavy atom. The van der Waals surface area contributed by atoms with Crippen molar-refractivity contribution < 1.29 is 4.79 Å². The van der Waals surface area contributed by atoms with E-state index in [0.717, 1.165) is 22.5 Å². The van der Waals surface area contributed by atoms with Crippen molar-refractivity contribution in [1.82, 2.24) is 9.55 Å². The van der Waals surface area contributed by atoms with E-state index in [9.17, 15) is 4.79 Å². The molecule has 3 aromatic rings. The third-order valence-corrected chi connectivity index (χ3v) is 4.04. The number of carbonyl (C=O) groups excluding carboxylic acids is 1. The molecule has 1 heterocycles. The monoisotopic (exact) mass is 305 g/mol. The van der Waals surface area contributed by atoms with Crippen molar-refractivity contribution in [1.29, 1.82) is 0 Å². The Kier molecular flexibility index (Phi) is 3.98. The van der Waals surface area contributed by atoms with Crippen LogP contribution in [0.3, 0.4) is 0 Å². The maximum atomic E-state index is 11.6. The van der Waals surface area contributed by atoms with Crippen molar-refractivity contribution >= 4 is 5.91 Å². The van der Waals surface area contributed by atoms with Crippen LogP contribution >= 0.6 is 0 Å². The molecule has 0 saturated heterocycles. The first-order valence-corrected chi connectivity index (χ1v) is 7.56. The molecule has 1 aromatic heterocycles. The van der Waals surface area contributed by atoms with Crippen LogP contribution in [-0.4, -0.2) is 15.5 Å². The second-order valence-corrected chi connectivity index (χ2v) is 5.58. The molecule has 1 unspecified atom stereocenters. The van der Waals surface area contributed by atoms with E-state index in [2.05, 4.69) is 0 Å². The fourth-order valence-electron chi connectivity index (χ4n) is 2.75. The second kappa shape index (κ2) is 6.08. The van der Waals surface area contributed by atoms with Crippen LogP contribution in [-0.2, 0) is 11.8 Å². The van der Waals surface area contributed by atoms with E-state index in [1.807, 2.05) is 72.3 Å². The lowest BCUT2D eigenvalue weighted by molar-refractivity contribution is -0.119. The van der Waals surface area contributed by atoms with Crippen molar-refractivity contribution in [3.05, 3.63) is 66.5 Å². The SMILES string of the molecule is CC(C(N)=O)c1nc(-c2ccccc2)c(-c2ccccc2)n1C. The average molecular weight is 305 g/mol. The molecule has 1 amide bonds. The van der Waals surface area contributed by atoms with Gasteiger partial charge in [-0.25, -0.2) is 4.98 Å².